The van der Waals surface area contributed by atoms with Crippen molar-refractivity contribution >= 4 is 0 Å². The van der Waals surface area contributed by atoms with Crippen LogP contribution < -0.4 is 5.32 Å². The standard InChI is InChI=1S/C15H28F3N/c1-5-11-19-14(15(16,17)18)9-7-12(8-10-14)13(3,4)6-2/h12,19H,5-11H2,1-4H3. The highest BCUT2D eigenvalue weighted by Gasteiger charge is 2.56. The van der Waals surface area contributed by atoms with E-state index >= 15 is 0 Å². The molecule has 1 N–H and O–H groups in total. The minimum atomic E-state index is -4.14. The van der Waals surface area contributed by atoms with Gasteiger partial charge in [-0.2, -0.15) is 13.2 Å². The first-order chi connectivity index (χ1) is 8.68. The molecular weight excluding hydrogens is 251 g/mol. The van der Waals surface area contributed by atoms with Gasteiger partial charge in [0.2, 0.25) is 0 Å². The van der Waals surface area contributed by atoms with Crippen molar-refractivity contribution in [1.29, 1.82) is 0 Å². The highest BCUT2D eigenvalue weighted by molar-refractivity contribution is 5.00. The van der Waals surface area contributed by atoms with Gasteiger partial charge in [0.15, 0.2) is 0 Å². The first kappa shape index (κ1) is 16.8. The number of hydrogen-bond donors (Lipinski definition) is 1. The Kier molecular flexibility index (Phi) is 5.33. The van der Waals surface area contributed by atoms with Crippen molar-refractivity contribution < 1.29 is 13.2 Å². The van der Waals surface area contributed by atoms with Crippen LogP contribution in [0.1, 0.15) is 66.2 Å². The Hall–Kier alpha value is -0.250. The Morgan fingerprint density at radius 1 is 1.11 bits per heavy atom. The third-order valence-corrected chi connectivity index (χ3v) is 5.11. The van der Waals surface area contributed by atoms with Gasteiger partial charge in [0, 0.05) is 0 Å². The molecule has 0 heterocycles. The van der Waals surface area contributed by atoms with Crippen LogP contribution in [0.5, 0.6) is 0 Å². The second-order valence-corrected chi connectivity index (χ2v) is 6.62. The first-order valence-electron chi connectivity index (χ1n) is 7.50. The zero-order valence-corrected chi connectivity index (χ0v) is 12.7. The lowest BCUT2D eigenvalue weighted by Crippen LogP contribution is -2.59. The van der Waals surface area contributed by atoms with Crippen molar-refractivity contribution in [2.45, 2.75) is 77.9 Å². The molecule has 0 aliphatic heterocycles. The van der Waals surface area contributed by atoms with E-state index in [1.54, 1.807) is 0 Å². The number of hydrogen-bond acceptors (Lipinski definition) is 1. The second kappa shape index (κ2) is 6.02. The molecule has 1 aliphatic carbocycles. The number of halogens is 3. The highest BCUT2D eigenvalue weighted by Crippen LogP contribution is 2.48. The molecule has 0 aromatic heterocycles. The maximum absolute atomic E-state index is 13.4. The van der Waals surface area contributed by atoms with Crippen LogP contribution >= 0.6 is 0 Å². The molecule has 0 atom stereocenters. The predicted octanol–water partition coefficient (Wildman–Crippen LogP) is 4.91. The smallest absolute Gasteiger partial charge is 0.304 e. The van der Waals surface area contributed by atoms with Gasteiger partial charge in [-0.05, 0) is 50.0 Å². The quantitative estimate of drug-likeness (QED) is 0.753. The van der Waals surface area contributed by atoms with Crippen molar-refractivity contribution in [3.8, 4) is 0 Å². The molecule has 4 heteroatoms. The summed E-state index contributed by atoms with van der Waals surface area (Å²) in [7, 11) is 0. The van der Waals surface area contributed by atoms with Gasteiger partial charge in [0.25, 0.3) is 0 Å². The van der Waals surface area contributed by atoms with E-state index in [0.29, 0.717) is 25.3 Å². The van der Waals surface area contributed by atoms with Gasteiger partial charge in [0.05, 0.1) is 0 Å². The third kappa shape index (κ3) is 3.65. The van der Waals surface area contributed by atoms with Gasteiger partial charge < -0.3 is 5.32 Å². The topological polar surface area (TPSA) is 12.0 Å². The fraction of sp³-hybridized carbons (Fsp3) is 1.00. The van der Waals surface area contributed by atoms with Gasteiger partial charge in [0.1, 0.15) is 5.54 Å². The normalized spacial score (nSPS) is 29.5. The van der Waals surface area contributed by atoms with E-state index in [4.69, 9.17) is 0 Å². The molecule has 0 aromatic rings. The molecule has 0 bridgehead atoms. The summed E-state index contributed by atoms with van der Waals surface area (Å²) in [4.78, 5) is 0. The van der Waals surface area contributed by atoms with E-state index in [0.717, 1.165) is 12.8 Å². The molecule has 0 aromatic carbocycles. The van der Waals surface area contributed by atoms with Crippen LogP contribution in [0.25, 0.3) is 0 Å². The minimum absolute atomic E-state index is 0.155. The van der Waals surface area contributed by atoms with Crippen LogP contribution in [0.2, 0.25) is 0 Å². The van der Waals surface area contributed by atoms with E-state index in [1.165, 1.54) is 0 Å². The van der Waals surface area contributed by atoms with Crippen LogP contribution in [0, 0.1) is 11.3 Å². The van der Waals surface area contributed by atoms with Crippen LogP contribution in [0.3, 0.4) is 0 Å². The Morgan fingerprint density at radius 2 is 1.63 bits per heavy atom. The Balaban J connectivity index is 2.75. The SMILES string of the molecule is CCCNC1(C(F)(F)F)CCC(C(C)(C)CC)CC1. The fourth-order valence-corrected chi connectivity index (χ4v) is 3.11. The second-order valence-electron chi connectivity index (χ2n) is 6.62. The summed E-state index contributed by atoms with van der Waals surface area (Å²) in [6.45, 7) is 8.83. The molecule has 0 amide bonds. The predicted molar refractivity (Wildman–Crippen MR) is 73.1 cm³/mol. The van der Waals surface area contributed by atoms with E-state index in [-0.39, 0.29) is 18.3 Å². The molecule has 1 saturated carbocycles. The summed E-state index contributed by atoms with van der Waals surface area (Å²) in [6.07, 6.45) is -0.562. The maximum atomic E-state index is 13.4. The third-order valence-electron chi connectivity index (χ3n) is 5.11. The minimum Gasteiger partial charge on any atom is -0.304 e. The van der Waals surface area contributed by atoms with Gasteiger partial charge in [-0.15, -0.1) is 0 Å². The van der Waals surface area contributed by atoms with E-state index in [9.17, 15) is 13.2 Å². The summed E-state index contributed by atoms with van der Waals surface area (Å²) in [5, 5.41) is 2.79. The van der Waals surface area contributed by atoms with E-state index in [2.05, 4.69) is 26.1 Å². The average molecular weight is 279 g/mol. The number of nitrogens with one attached hydrogen (secondary N) is 1. The maximum Gasteiger partial charge on any atom is 0.406 e. The Morgan fingerprint density at radius 3 is 2.00 bits per heavy atom. The molecule has 0 spiro atoms. The molecule has 0 saturated heterocycles. The summed E-state index contributed by atoms with van der Waals surface area (Å²) in [5.41, 5.74) is -1.48. The number of rotatable bonds is 5. The Labute approximate surface area is 115 Å². The molecule has 114 valence electrons. The lowest BCUT2D eigenvalue weighted by Gasteiger charge is -2.46. The van der Waals surface area contributed by atoms with Gasteiger partial charge in [-0.25, -0.2) is 0 Å². The van der Waals surface area contributed by atoms with Gasteiger partial charge >= 0.3 is 6.18 Å². The van der Waals surface area contributed by atoms with Crippen molar-refractivity contribution in [2.24, 2.45) is 11.3 Å². The lowest BCUT2D eigenvalue weighted by molar-refractivity contribution is -0.209. The molecule has 1 nitrogen and oxygen atoms in total. The van der Waals surface area contributed by atoms with Gasteiger partial charge in [-0.1, -0.05) is 34.1 Å². The fourth-order valence-electron chi connectivity index (χ4n) is 3.11. The van der Waals surface area contributed by atoms with Gasteiger partial charge in [-0.3, -0.25) is 0 Å². The van der Waals surface area contributed by atoms with Crippen LogP contribution in [-0.4, -0.2) is 18.3 Å². The highest BCUT2D eigenvalue weighted by atomic mass is 19.4. The monoisotopic (exact) mass is 279 g/mol. The Bertz CT molecular complexity index is 276. The molecule has 19 heavy (non-hydrogen) atoms. The molecule has 1 rings (SSSR count). The molecule has 0 radical (unpaired) electrons. The summed E-state index contributed by atoms with van der Waals surface area (Å²) in [5.74, 6) is 0.413. The lowest BCUT2D eigenvalue weighted by atomic mass is 9.65. The first-order valence-corrected chi connectivity index (χ1v) is 7.50. The zero-order chi connectivity index (χ0) is 14.7. The van der Waals surface area contributed by atoms with Crippen molar-refractivity contribution in [3.63, 3.8) is 0 Å². The van der Waals surface area contributed by atoms with Crippen LogP contribution in [0.15, 0.2) is 0 Å². The molecule has 1 aliphatic rings. The average Bonchev–Trinajstić information content (AvgIpc) is 2.35. The van der Waals surface area contributed by atoms with Crippen molar-refractivity contribution in [3.05, 3.63) is 0 Å². The van der Waals surface area contributed by atoms with Crippen LogP contribution in [-0.2, 0) is 0 Å². The van der Waals surface area contributed by atoms with E-state index < -0.39 is 11.7 Å². The van der Waals surface area contributed by atoms with Crippen molar-refractivity contribution in [1.82, 2.24) is 5.32 Å². The largest absolute Gasteiger partial charge is 0.406 e. The summed E-state index contributed by atoms with van der Waals surface area (Å²) in [6, 6.07) is 0. The molecule has 1 fully saturated rings. The summed E-state index contributed by atoms with van der Waals surface area (Å²) < 4.78 is 40.1. The van der Waals surface area contributed by atoms with Crippen LogP contribution in [0.4, 0.5) is 13.2 Å². The van der Waals surface area contributed by atoms with Crippen molar-refractivity contribution in [2.75, 3.05) is 6.54 Å². The molecular formula is C15H28F3N. The zero-order valence-electron chi connectivity index (χ0n) is 12.7. The summed E-state index contributed by atoms with van der Waals surface area (Å²) >= 11 is 0. The molecule has 0 unspecified atom stereocenters. The number of alkyl halides is 3. The van der Waals surface area contributed by atoms with E-state index in [1.807, 2.05) is 6.92 Å².